The molecule has 1 nitrogen and oxygen atoms in total. The highest BCUT2D eigenvalue weighted by Gasteiger charge is 1.99. The molecule has 2 aromatic rings. The van der Waals surface area contributed by atoms with E-state index >= 15 is 0 Å². The van der Waals surface area contributed by atoms with E-state index in [1.165, 1.54) is 10.5 Å². The molecular weight excluding hydrogens is 342 g/mol. The molecular formula is C15H15BrClNS. The van der Waals surface area contributed by atoms with E-state index in [9.17, 15) is 0 Å². The van der Waals surface area contributed by atoms with Crippen LogP contribution in [0.4, 0.5) is 0 Å². The molecule has 0 radical (unpaired) electrons. The van der Waals surface area contributed by atoms with E-state index < -0.39 is 0 Å². The fraction of sp³-hybridized carbons (Fsp3) is 0.200. The molecule has 0 saturated heterocycles. The van der Waals surface area contributed by atoms with Crippen LogP contribution < -0.4 is 5.32 Å². The third-order valence-corrected chi connectivity index (χ3v) is 4.83. The molecule has 0 aliphatic carbocycles. The van der Waals surface area contributed by atoms with Gasteiger partial charge in [0.05, 0.1) is 5.02 Å². The summed E-state index contributed by atoms with van der Waals surface area (Å²) in [7, 11) is 0. The van der Waals surface area contributed by atoms with Crippen LogP contribution in [0.3, 0.4) is 0 Å². The fourth-order valence-electron chi connectivity index (χ4n) is 1.64. The lowest BCUT2D eigenvalue weighted by Gasteiger charge is -2.06. The summed E-state index contributed by atoms with van der Waals surface area (Å²) in [6.07, 6.45) is 0. The highest BCUT2D eigenvalue weighted by atomic mass is 79.9. The Hall–Kier alpha value is -0.480. The van der Waals surface area contributed by atoms with E-state index in [-0.39, 0.29) is 0 Å². The molecule has 0 aliphatic rings. The molecule has 0 amide bonds. The Labute approximate surface area is 131 Å². The number of rotatable bonds is 6. The van der Waals surface area contributed by atoms with Crippen molar-refractivity contribution in [3.63, 3.8) is 0 Å². The van der Waals surface area contributed by atoms with Crippen molar-refractivity contribution in [3.05, 3.63) is 63.6 Å². The first-order valence-corrected chi connectivity index (χ1v) is 8.24. The molecule has 0 spiro atoms. The quantitative estimate of drug-likeness (QED) is 0.578. The minimum absolute atomic E-state index is 0.753. The molecule has 0 aliphatic heterocycles. The van der Waals surface area contributed by atoms with Gasteiger partial charge in [0.2, 0.25) is 0 Å². The van der Waals surface area contributed by atoms with E-state index in [0.29, 0.717) is 0 Å². The predicted molar refractivity (Wildman–Crippen MR) is 88.0 cm³/mol. The van der Waals surface area contributed by atoms with Crippen LogP contribution in [0.25, 0.3) is 0 Å². The maximum atomic E-state index is 5.96. The van der Waals surface area contributed by atoms with Crippen LogP contribution >= 0.6 is 39.3 Å². The molecule has 0 fully saturated rings. The average Bonchev–Trinajstić information content (AvgIpc) is 2.43. The Balaban J connectivity index is 1.68. The number of hydrogen-bond donors (Lipinski definition) is 1. The largest absolute Gasteiger partial charge is 0.312 e. The van der Waals surface area contributed by atoms with E-state index in [1.807, 2.05) is 30.0 Å². The molecule has 19 heavy (non-hydrogen) atoms. The lowest BCUT2D eigenvalue weighted by atomic mass is 10.2. The zero-order valence-electron chi connectivity index (χ0n) is 10.4. The second-order valence-electron chi connectivity index (χ2n) is 4.09. The van der Waals surface area contributed by atoms with E-state index in [0.717, 1.165) is 28.3 Å². The van der Waals surface area contributed by atoms with Gasteiger partial charge in [0.1, 0.15) is 0 Å². The highest BCUT2D eigenvalue weighted by Crippen LogP contribution is 2.23. The summed E-state index contributed by atoms with van der Waals surface area (Å²) >= 11 is 11.3. The topological polar surface area (TPSA) is 12.0 Å². The summed E-state index contributed by atoms with van der Waals surface area (Å²) in [5.41, 5.74) is 1.24. The lowest BCUT2D eigenvalue weighted by molar-refractivity contribution is 0.732. The Morgan fingerprint density at radius 3 is 2.63 bits per heavy atom. The van der Waals surface area contributed by atoms with Gasteiger partial charge in [-0.15, -0.1) is 11.8 Å². The van der Waals surface area contributed by atoms with Gasteiger partial charge in [-0.3, -0.25) is 0 Å². The van der Waals surface area contributed by atoms with Crippen LogP contribution in [0.5, 0.6) is 0 Å². The molecule has 0 atom stereocenters. The van der Waals surface area contributed by atoms with Gasteiger partial charge < -0.3 is 5.32 Å². The highest BCUT2D eigenvalue weighted by molar-refractivity contribution is 9.10. The Bertz CT molecular complexity index is 519. The second-order valence-corrected chi connectivity index (χ2v) is 6.52. The van der Waals surface area contributed by atoms with Gasteiger partial charge in [-0.25, -0.2) is 0 Å². The summed E-state index contributed by atoms with van der Waals surface area (Å²) in [6.45, 7) is 1.85. The standard InChI is InChI=1S/C15H15BrClNS/c16-14-10-12(6-7-15(14)17)11-18-8-9-19-13-4-2-1-3-5-13/h1-7,10,18H,8-9,11H2. The Kier molecular flexibility index (Phi) is 6.24. The van der Waals surface area contributed by atoms with Crippen LogP contribution in [-0.2, 0) is 6.54 Å². The monoisotopic (exact) mass is 355 g/mol. The molecule has 1 N–H and O–H groups in total. The third-order valence-electron chi connectivity index (χ3n) is 2.60. The summed E-state index contributed by atoms with van der Waals surface area (Å²) in [4.78, 5) is 1.32. The molecule has 2 aromatic carbocycles. The SMILES string of the molecule is Clc1ccc(CNCCSc2ccccc2)cc1Br. The van der Waals surface area contributed by atoms with Crippen molar-refractivity contribution in [1.82, 2.24) is 5.32 Å². The van der Waals surface area contributed by atoms with Gasteiger partial charge in [0.15, 0.2) is 0 Å². The summed E-state index contributed by atoms with van der Waals surface area (Å²) in [5.74, 6) is 1.07. The van der Waals surface area contributed by atoms with E-state index in [2.05, 4.69) is 51.6 Å². The van der Waals surface area contributed by atoms with Crippen LogP contribution in [0, 0.1) is 0 Å². The zero-order chi connectivity index (χ0) is 13.5. The first-order chi connectivity index (χ1) is 9.25. The maximum absolute atomic E-state index is 5.96. The second kappa shape index (κ2) is 7.95. The Morgan fingerprint density at radius 2 is 1.89 bits per heavy atom. The van der Waals surface area contributed by atoms with Crippen molar-refractivity contribution in [2.75, 3.05) is 12.3 Å². The fourth-order valence-corrected chi connectivity index (χ4v) is 3.02. The number of nitrogens with one attached hydrogen (secondary N) is 1. The maximum Gasteiger partial charge on any atom is 0.0548 e. The lowest BCUT2D eigenvalue weighted by Crippen LogP contribution is -2.16. The smallest absolute Gasteiger partial charge is 0.0548 e. The van der Waals surface area contributed by atoms with Crippen molar-refractivity contribution >= 4 is 39.3 Å². The van der Waals surface area contributed by atoms with Gasteiger partial charge in [-0.1, -0.05) is 35.9 Å². The van der Waals surface area contributed by atoms with E-state index in [1.54, 1.807) is 0 Å². The third kappa shape index (κ3) is 5.19. The predicted octanol–water partition coefficient (Wildman–Crippen LogP) is 4.98. The van der Waals surface area contributed by atoms with E-state index in [4.69, 9.17) is 11.6 Å². The van der Waals surface area contributed by atoms with Crippen LogP contribution in [0.1, 0.15) is 5.56 Å². The molecule has 4 heteroatoms. The van der Waals surface area contributed by atoms with Crippen molar-refractivity contribution in [2.24, 2.45) is 0 Å². The van der Waals surface area contributed by atoms with Crippen molar-refractivity contribution in [3.8, 4) is 0 Å². The molecule has 0 saturated carbocycles. The number of benzene rings is 2. The van der Waals surface area contributed by atoms with Gasteiger partial charge in [-0.2, -0.15) is 0 Å². The first-order valence-electron chi connectivity index (χ1n) is 6.08. The molecule has 0 heterocycles. The number of hydrogen-bond acceptors (Lipinski definition) is 2. The minimum Gasteiger partial charge on any atom is -0.312 e. The summed E-state index contributed by atoms with van der Waals surface area (Å²) in [5, 5.41) is 4.19. The van der Waals surface area contributed by atoms with Gasteiger partial charge in [-0.05, 0) is 45.8 Å². The van der Waals surface area contributed by atoms with Crippen molar-refractivity contribution < 1.29 is 0 Å². The van der Waals surface area contributed by atoms with Gasteiger partial charge in [0, 0.05) is 28.2 Å². The normalized spacial score (nSPS) is 10.6. The molecule has 0 aromatic heterocycles. The molecule has 0 unspecified atom stereocenters. The van der Waals surface area contributed by atoms with Crippen LogP contribution in [0.15, 0.2) is 57.9 Å². The molecule has 0 bridgehead atoms. The van der Waals surface area contributed by atoms with Crippen molar-refractivity contribution in [1.29, 1.82) is 0 Å². The van der Waals surface area contributed by atoms with Gasteiger partial charge in [0.25, 0.3) is 0 Å². The van der Waals surface area contributed by atoms with Crippen LogP contribution in [-0.4, -0.2) is 12.3 Å². The zero-order valence-corrected chi connectivity index (χ0v) is 13.6. The number of thioether (sulfide) groups is 1. The minimum atomic E-state index is 0.753. The first kappa shape index (κ1) is 14.9. The van der Waals surface area contributed by atoms with Crippen LogP contribution in [0.2, 0.25) is 5.02 Å². The van der Waals surface area contributed by atoms with Gasteiger partial charge >= 0.3 is 0 Å². The molecule has 100 valence electrons. The Morgan fingerprint density at radius 1 is 1.11 bits per heavy atom. The average molecular weight is 357 g/mol. The number of halogens is 2. The summed E-state index contributed by atoms with van der Waals surface area (Å²) in [6, 6.07) is 16.5. The van der Waals surface area contributed by atoms with Crippen molar-refractivity contribution in [2.45, 2.75) is 11.4 Å². The molecule has 2 rings (SSSR count). The summed E-state index contributed by atoms with van der Waals surface area (Å²) < 4.78 is 0.951.